The van der Waals surface area contributed by atoms with Gasteiger partial charge in [0, 0.05) is 6.07 Å². The molecule has 2 aromatic carbocycles. The van der Waals surface area contributed by atoms with Gasteiger partial charge < -0.3 is 10.5 Å². The summed E-state index contributed by atoms with van der Waals surface area (Å²) in [5.41, 5.74) is 6.85. The zero-order valence-corrected chi connectivity index (χ0v) is 10.8. The molecule has 3 N–H and O–H groups in total. The Labute approximate surface area is 115 Å². The number of nitrogens with one attached hydrogen (secondary N) is 1. The summed E-state index contributed by atoms with van der Waals surface area (Å²) >= 11 is 0. The Balaban J connectivity index is 2.37. The molecule has 20 heavy (non-hydrogen) atoms. The number of aryl methyl sites for hydroxylation is 1. The van der Waals surface area contributed by atoms with E-state index in [9.17, 15) is 10.1 Å². The van der Waals surface area contributed by atoms with E-state index in [1.165, 1.54) is 18.2 Å². The third-order valence-corrected chi connectivity index (χ3v) is 2.68. The van der Waals surface area contributed by atoms with Crippen molar-refractivity contribution in [3.63, 3.8) is 0 Å². The summed E-state index contributed by atoms with van der Waals surface area (Å²) in [6.45, 7) is 1.88. The molecule has 0 aliphatic rings. The van der Waals surface area contributed by atoms with E-state index in [0.717, 1.165) is 5.56 Å². The average molecular weight is 271 g/mol. The van der Waals surface area contributed by atoms with Gasteiger partial charge in [-0.05, 0) is 25.1 Å². The van der Waals surface area contributed by atoms with Crippen molar-refractivity contribution in [2.45, 2.75) is 6.92 Å². The highest BCUT2D eigenvalue weighted by atomic mass is 16.6. The van der Waals surface area contributed by atoms with Gasteiger partial charge in [0.25, 0.3) is 5.69 Å². The van der Waals surface area contributed by atoms with Crippen LogP contribution in [0.5, 0.6) is 11.5 Å². The van der Waals surface area contributed by atoms with E-state index in [4.69, 9.17) is 15.9 Å². The van der Waals surface area contributed by atoms with E-state index in [-0.39, 0.29) is 11.5 Å². The van der Waals surface area contributed by atoms with Crippen LogP contribution in [0.4, 0.5) is 5.69 Å². The SMILES string of the molecule is Cc1ccc(Oc2cccc([N+](=O)[O-])c2)c(C(=N)N)c1. The molecule has 2 rings (SSSR count). The lowest BCUT2D eigenvalue weighted by molar-refractivity contribution is -0.384. The van der Waals surface area contributed by atoms with Crippen LogP contribution in [0.1, 0.15) is 11.1 Å². The van der Waals surface area contributed by atoms with Gasteiger partial charge >= 0.3 is 0 Å². The number of non-ortho nitro benzene ring substituents is 1. The van der Waals surface area contributed by atoms with E-state index in [1.54, 1.807) is 18.2 Å². The van der Waals surface area contributed by atoms with E-state index in [0.29, 0.717) is 17.1 Å². The van der Waals surface area contributed by atoms with Crippen molar-refractivity contribution in [2.75, 3.05) is 0 Å². The molecule has 0 heterocycles. The lowest BCUT2D eigenvalue weighted by atomic mass is 10.1. The molecular formula is C14H13N3O3. The molecule has 102 valence electrons. The van der Waals surface area contributed by atoms with E-state index < -0.39 is 4.92 Å². The number of nitrogens with zero attached hydrogens (tertiary/aromatic N) is 1. The monoisotopic (exact) mass is 271 g/mol. The van der Waals surface area contributed by atoms with Crippen molar-refractivity contribution in [2.24, 2.45) is 5.73 Å². The number of nitro benzene ring substituents is 1. The lowest BCUT2D eigenvalue weighted by Crippen LogP contribution is -2.12. The first kappa shape index (κ1) is 13.5. The van der Waals surface area contributed by atoms with Crippen molar-refractivity contribution >= 4 is 11.5 Å². The Hall–Kier alpha value is -2.89. The molecule has 0 saturated carbocycles. The van der Waals surface area contributed by atoms with Gasteiger partial charge in [-0.25, -0.2) is 0 Å². The van der Waals surface area contributed by atoms with Crippen LogP contribution < -0.4 is 10.5 Å². The zero-order valence-electron chi connectivity index (χ0n) is 10.8. The van der Waals surface area contributed by atoms with Crippen LogP contribution in [-0.4, -0.2) is 10.8 Å². The standard InChI is InChI=1S/C14H13N3O3/c1-9-5-6-13(12(7-9)14(15)16)20-11-4-2-3-10(8-11)17(18)19/h2-8H,1H3,(H3,15,16). The van der Waals surface area contributed by atoms with Crippen LogP contribution in [0.15, 0.2) is 42.5 Å². The number of hydrogen-bond acceptors (Lipinski definition) is 4. The second-order valence-corrected chi connectivity index (χ2v) is 4.27. The number of nitrogens with two attached hydrogens (primary N) is 1. The largest absolute Gasteiger partial charge is 0.456 e. The average Bonchev–Trinajstić information content (AvgIpc) is 2.41. The van der Waals surface area contributed by atoms with Crippen molar-refractivity contribution in [1.29, 1.82) is 5.41 Å². The van der Waals surface area contributed by atoms with Gasteiger partial charge in [-0.15, -0.1) is 0 Å². The fourth-order valence-electron chi connectivity index (χ4n) is 1.73. The fourth-order valence-corrected chi connectivity index (χ4v) is 1.73. The first-order chi connectivity index (χ1) is 9.47. The summed E-state index contributed by atoms with van der Waals surface area (Å²) in [6, 6.07) is 11.1. The lowest BCUT2D eigenvalue weighted by Gasteiger charge is -2.11. The molecule has 0 aromatic heterocycles. The summed E-state index contributed by atoms with van der Waals surface area (Å²) in [5.74, 6) is 0.600. The molecule has 0 spiro atoms. The van der Waals surface area contributed by atoms with Crippen molar-refractivity contribution in [3.05, 3.63) is 63.7 Å². The smallest absolute Gasteiger partial charge is 0.273 e. The van der Waals surface area contributed by atoms with E-state index in [1.807, 2.05) is 13.0 Å². The molecule has 6 heteroatoms. The van der Waals surface area contributed by atoms with Gasteiger partial charge in [0.05, 0.1) is 16.6 Å². The summed E-state index contributed by atoms with van der Waals surface area (Å²) < 4.78 is 5.59. The van der Waals surface area contributed by atoms with Crippen LogP contribution >= 0.6 is 0 Å². The topological polar surface area (TPSA) is 102 Å². The van der Waals surface area contributed by atoms with E-state index in [2.05, 4.69) is 0 Å². The maximum atomic E-state index is 10.7. The number of benzene rings is 2. The molecular weight excluding hydrogens is 258 g/mol. The van der Waals surface area contributed by atoms with Crippen LogP contribution in [0.25, 0.3) is 0 Å². The molecule has 0 aliphatic heterocycles. The quantitative estimate of drug-likeness (QED) is 0.386. The van der Waals surface area contributed by atoms with Gasteiger partial charge in [0.1, 0.15) is 17.3 Å². The summed E-state index contributed by atoms with van der Waals surface area (Å²) in [4.78, 5) is 10.2. The van der Waals surface area contributed by atoms with Crippen molar-refractivity contribution in [3.8, 4) is 11.5 Å². The number of ether oxygens (including phenoxy) is 1. The molecule has 0 fully saturated rings. The first-order valence-electron chi connectivity index (χ1n) is 5.85. The molecule has 0 bridgehead atoms. The highest BCUT2D eigenvalue weighted by Gasteiger charge is 2.11. The van der Waals surface area contributed by atoms with Gasteiger partial charge in [-0.2, -0.15) is 0 Å². The molecule has 6 nitrogen and oxygen atoms in total. The number of nitro groups is 1. The Bertz CT molecular complexity index is 683. The summed E-state index contributed by atoms with van der Waals surface area (Å²) in [5, 5.41) is 18.3. The number of nitrogen functional groups attached to an aromatic ring is 1. The predicted octanol–water partition coefficient (Wildman–Crippen LogP) is 2.98. The molecule has 0 radical (unpaired) electrons. The summed E-state index contributed by atoms with van der Waals surface area (Å²) in [6.07, 6.45) is 0. The van der Waals surface area contributed by atoms with Crippen molar-refractivity contribution in [1.82, 2.24) is 0 Å². The maximum absolute atomic E-state index is 10.7. The zero-order chi connectivity index (χ0) is 14.7. The van der Waals surface area contributed by atoms with Crippen LogP contribution in [0.2, 0.25) is 0 Å². The molecule has 0 aliphatic carbocycles. The van der Waals surface area contributed by atoms with Gasteiger partial charge in [-0.3, -0.25) is 15.5 Å². The molecule has 2 aromatic rings. The Morgan fingerprint density at radius 1 is 1.30 bits per heavy atom. The maximum Gasteiger partial charge on any atom is 0.273 e. The van der Waals surface area contributed by atoms with Crippen molar-refractivity contribution < 1.29 is 9.66 Å². The Morgan fingerprint density at radius 2 is 2.05 bits per heavy atom. The minimum Gasteiger partial charge on any atom is -0.456 e. The summed E-state index contributed by atoms with van der Waals surface area (Å²) in [7, 11) is 0. The molecule has 0 atom stereocenters. The second kappa shape index (κ2) is 5.40. The van der Waals surface area contributed by atoms with Crippen LogP contribution in [0, 0.1) is 22.4 Å². The van der Waals surface area contributed by atoms with E-state index >= 15 is 0 Å². The number of amidine groups is 1. The molecule has 0 unspecified atom stereocenters. The van der Waals surface area contributed by atoms with Gasteiger partial charge in [0.2, 0.25) is 0 Å². The highest BCUT2D eigenvalue weighted by Crippen LogP contribution is 2.28. The third-order valence-electron chi connectivity index (χ3n) is 2.68. The van der Waals surface area contributed by atoms with Gasteiger partial charge in [0.15, 0.2) is 0 Å². The van der Waals surface area contributed by atoms with Gasteiger partial charge in [-0.1, -0.05) is 17.7 Å². The first-order valence-corrected chi connectivity index (χ1v) is 5.85. The predicted molar refractivity (Wildman–Crippen MR) is 75.4 cm³/mol. The Kier molecular flexibility index (Phi) is 3.65. The van der Waals surface area contributed by atoms with Crippen LogP contribution in [0.3, 0.4) is 0 Å². The number of rotatable bonds is 4. The molecule has 0 amide bonds. The third kappa shape index (κ3) is 2.92. The Morgan fingerprint density at radius 3 is 2.70 bits per heavy atom. The minimum atomic E-state index is -0.492. The number of hydrogen-bond donors (Lipinski definition) is 2. The highest BCUT2D eigenvalue weighted by molar-refractivity contribution is 5.97. The van der Waals surface area contributed by atoms with Crippen LogP contribution in [-0.2, 0) is 0 Å². The fraction of sp³-hybridized carbons (Fsp3) is 0.0714. The molecule has 0 saturated heterocycles. The normalized spacial score (nSPS) is 10.1. The second-order valence-electron chi connectivity index (χ2n) is 4.27. The minimum absolute atomic E-state index is 0.0565.